The Kier molecular flexibility index (Phi) is 6.15. The third-order valence-corrected chi connectivity index (χ3v) is 2.88. The third kappa shape index (κ3) is 5.61. The largest absolute Gasteiger partial charge is 0.480 e. The molecule has 2 N–H and O–H groups in total. The van der Waals surface area contributed by atoms with Crippen LogP contribution >= 0.6 is 11.6 Å². The summed E-state index contributed by atoms with van der Waals surface area (Å²) in [7, 11) is 1.58. The SMILES string of the molecule is CNC(=O)CCCN(CC(=O)O)c1ccc(Cl)cc1. The highest BCUT2D eigenvalue weighted by atomic mass is 35.5. The lowest BCUT2D eigenvalue weighted by molar-refractivity contribution is -0.135. The predicted molar refractivity (Wildman–Crippen MR) is 74.6 cm³/mol. The van der Waals surface area contributed by atoms with Crippen molar-refractivity contribution in [2.45, 2.75) is 12.8 Å². The van der Waals surface area contributed by atoms with Crippen LogP contribution in [0.1, 0.15) is 12.8 Å². The molecule has 0 bridgehead atoms. The van der Waals surface area contributed by atoms with E-state index in [0.29, 0.717) is 24.4 Å². The van der Waals surface area contributed by atoms with E-state index in [-0.39, 0.29) is 12.5 Å². The maximum atomic E-state index is 11.1. The molecule has 5 nitrogen and oxygen atoms in total. The van der Waals surface area contributed by atoms with Gasteiger partial charge in [0.15, 0.2) is 0 Å². The first kappa shape index (κ1) is 15.3. The Morgan fingerprint density at radius 1 is 1.32 bits per heavy atom. The van der Waals surface area contributed by atoms with Crippen LogP contribution in [0.5, 0.6) is 0 Å². The number of anilines is 1. The molecule has 0 saturated heterocycles. The Morgan fingerprint density at radius 3 is 2.47 bits per heavy atom. The van der Waals surface area contributed by atoms with E-state index in [0.717, 1.165) is 5.69 Å². The second-order valence-corrected chi connectivity index (χ2v) is 4.50. The summed E-state index contributed by atoms with van der Waals surface area (Å²) in [6, 6.07) is 6.96. The number of carboxylic acids is 1. The van der Waals surface area contributed by atoms with Gasteiger partial charge < -0.3 is 15.3 Å². The molecule has 0 spiro atoms. The molecule has 19 heavy (non-hydrogen) atoms. The van der Waals surface area contributed by atoms with Crippen LogP contribution in [-0.2, 0) is 9.59 Å². The van der Waals surface area contributed by atoms with E-state index in [4.69, 9.17) is 16.7 Å². The van der Waals surface area contributed by atoms with Crippen molar-refractivity contribution in [2.24, 2.45) is 0 Å². The zero-order valence-corrected chi connectivity index (χ0v) is 11.5. The molecule has 0 unspecified atom stereocenters. The molecule has 0 radical (unpaired) electrons. The molecule has 0 aliphatic heterocycles. The fourth-order valence-corrected chi connectivity index (χ4v) is 1.80. The molecular weight excluding hydrogens is 268 g/mol. The van der Waals surface area contributed by atoms with Gasteiger partial charge in [-0.25, -0.2) is 0 Å². The normalized spacial score (nSPS) is 10.0. The van der Waals surface area contributed by atoms with Crippen LogP contribution in [0.2, 0.25) is 5.02 Å². The molecule has 0 aliphatic rings. The van der Waals surface area contributed by atoms with Gasteiger partial charge in [-0.1, -0.05) is 11.6 Å². The van der Waals surface area contributed by atoms with Crippen LogP contribution in [0.4, 0.5) is 5.69 Å². The lowest BCUT2D eigenvalue weighted by atomic mass is 10.2. The minimum absolute atomic E-state index is 0.0496. The number of benzene rings is 1. The first-order valence-electron chi connectivity index (χ1n) is 5.96. The molecule has 0 atom stereocenters. The number of carbonyl (C=O) groups is 2. The molecule has 0 fully saturated rings. The Bertz CT molecular complexity index is 434. The minimum Gasteiger partial charge on any atom is -0.480 e. The standard InChI is InChI=1S/C13H17ClN2O3/c1-15-12(17)3-2-8-16(9-13(18)19)11-6-4-10(14)5-7-11/h4-7H,2-3,8-9H2,1H3,(H,15,17)(H,18,19). The van der Waals surface area contributed by atoms with Crippen LogP contribution in [0.15, 0.2) is 24.3 Å². The number of amides is 1. The zero-order valence-electron chi connectivity index (χ0n) is 10.7. The molecule has 1 rings (SSSR count). The highest BCUT2D eigenvalue weighted by molar-refractivity contribution is 6.30. The number of hydrogen-bond donors (Lipinski definition) is 2. The second kappa shape index (κ2) is 7.63. The summed E-state index contributed by atoms with van der Waals surface area (Å²) in [6.45, 7) is 0.400. The molecule has 1 aromatic rings. The molecule has 6 heteroatoms. The average Bonchev–Trinajstić information content (AvgIpc) is 2.37. The van der Waals surface area contributed by atoms with Gasteiger partial charge >= 0.3 is 5.97 Å². The lowest BCUT2D eigenvalue weighted by Gasteiger charge is -2.22. The van der Waals surface area contributed by atoms with Gasteiger partial charge in [-0.3, -0.25) is 9.59 Å². The summed E-state index contributed by atoms with van der Waals surface area (Å²) in [5, 5.41) is 12.0. The molecular formula is C13H17ClN2O3. The van der Waals surface area contributed by atoms with E-state index in [1.54, 1.807) is 36.2 Å². The maximum Gasteiger partial charge on any atom is 0.323 e. The van der Waals surface area contributed by atoms with Crippen molar-refractivity contribution < 1.29 is 14.7 Å². The van der Waals surface area contributed by atoms with Crippen molar-refractivity contribution >= 4 is 29.2 Å². The van der Waals surface area contributed by atoms with Gasteiger partial charge in [0.25, 0.3) is 0 Å². The van der Waals surface area contributed by atoms with Crippen molar-refractivity contribution in [3.63, 3.8) is 0 Å². The number of hydrogen-bond acceptors (Lipinski definition) is 3. The van der Waals surface area contributed by atoms with Crippen molar-refractivity contribution in [2.75, 3.05) is 25.0 Å². The Labute approximate surface area is 117 Å². The topological polar surface area (TPSA) is 69.6 Å². The van der Waals surface area contributed by atoms with Crippen LogP contribution in [0.3, 0.4) is 0 Å². The molecule has 1 amide bonds. The van der Waals surface area contributed by atoms with E-state index in [1.807, 2.05) is 0 Å². The third-order valence-electron chi connectivity index (χ3n) is 2.63. The summed E-state index contributed by atoms with van der Waals surface area (Å²) in [4.78, 5) is 23.7. The molecule has 1 aromatic carbocycles. The van der Waals surface area contributed by atoms with Crippen LogP contribution < -0.4 is 10.2 Å². The van der Waals surface area contributed by atoms with Crippen LogP contribution in [0.25, 0.3) is 0 Å². The summed E-state index contributed by atoms with van der Waals surface area (Å²) < 4.78 is 0. The highest BCUT2D eigenvalue weighted by Crippen LogP contribution is 2.18. The van der Waals surface area contributed by atoms with Crippen molar-refractivity contribution in [1.82, 2.24) is 5.32 Å². The first-order chi connectivity index (χ1) is 9.02. The van der Waals surface area contributed by atoms with Gasteiger partial charge in [0.2, 0.25) is 5.91 Å². The number of halogens is 1. The molecule has 0 aromatic heterocycles. The fraction of sp³-hybridized carbons (Fsp3) is 0.385. The number of aliphatic carboxylic acids is 1. The van der Waals surface area contributed by atoms with Crippen molar-refractivity contribution in [1.29, 1.82) is 0 Å². The predicted octanol–water partition coefficient (Wildman–Crippen LogP) is 1.76. The van der Waals surface area contributed by atoms with E-state index < -0.39 is 5.97 Å². The van der Waals surface area contributed by atoms with E-state index in [2.05, 4.69) is 5.32 Å². The fourth-order valence-electron chi connectivity index (χ4n) is 1.67. The maximum absolute atomic E-state index is 11.1. The van der Waals surface area contributed by atoms with E-state index >= 15 is 0 Å². The number of nitrogens with zero attached hydrogens (tertiary/aromatic N) is 1. The Morgan fingerprint density at radius 2 is 1.95 bits per heavy atom. The number of rotatable bonds is 7. The molecule has 0 saturated carbocycles. The smallest absolute Gasteiger partial charge is 0.323 e. The zero-order chi connectivity index (χ0) is 14.3. The van der Waals surface area contributed by atoms with Gasteiger partial charge in [0, 0.05) is 30.7 Å². The lowest BCUT2D eigenvalue weighted by Crippen LogP contribution is -2.31. The van der Waals surface area contributed by atoms with Crippen molar-refractivity contribution in [3.05, 3.63) is 29.3 Å². The summed E-state index contributed by atoms with van der Waals surface area (Å²) >= 11 is 5.80. The molecule has 104 valence electrons. The summed E-state index contributed by atoms with van der Waals surface area (Å²) in [5.74, 6) is -0.957. The van der Waals surface area contributed by atoms with Crippen molar-refractivity contribution in [3.8, 4) is 0 Å². The van der Waals surface area contributed by atoms with Gasteiger partial charge in [-0.05, 0) is 30.7 Å². The quantitative estimate of drug-likeness (QED) is 0.800. The highest BCUT2D eigenvalue weighted by Gasteiger charge is 2.11. The molecule has 0 aliphatic carbocycles. The average molecular weight is 285 g/mol. The van der Waals surface area contributed by atoms with Crippen LogP contribution in [0, 0.1) is 0 Å². The first-order valence-corrected chi connectivity index (χ1v) is 6.33. The Balaban J connectivity index is 2.63. The van der Waals surface area contributed by atoms with Gasteiger partial charge in [-0.2, -0.15) is 0 Å². The number of nitrogens with one attached hydrogen (secondary N) is 1. The van der Waals surface area contributed by atoms with Gasteiger partial charge in [0.1, 0.15) is 6.54 Å². The summed E-state index contributed by atoms with van der Waals surface area (Å²) in [6.07, 6.45) is 0.968. The Hall–Kier alpha value is -1.75. The number of carboxylic acid groups (broad SMARTS) is 1. The van der Waals surface area contributed by atoms with E-state index in [9.17, 15) is 9.59 Å². The second-order valence-electron chi connectivity index (χ2n) is 4.07. The number of carbonyl (C=O) groups excluding carboxylic acids is 1. The monoisotopic (exact) mass is 284 g/mol. The van der Waals surface area contributed by atoms with Gasteiger partial charge in [0.05, 0.1) is 0 Å². The van der Waals surface area contributed by atoms with Crippen LogP contribution in [-0.4, -0.2) is 37.1 Å². The molecule has 0 heterocycles. The van der Waals surface area contributed by atoms with Gasteiger partial charge in [-0.15, -0.1) is 0 Å². The minimum atomic E-state index is -0.908. The summed E-state index contributed by atoms with van der Waals surface area (Å²) in [5.41, 5.74) is 0.781. The van der Waals surface area contributed by atoms with E-state index in [1.165, 1.54) is 0 Å².